The van der Waals surface area contributed by atoms with Crippen molar-refractivity contribution in [3.05, 3.63) is 321 Å². The van der Waals surface area contributed by atoms with Crippen LogP contribution >= 0.6 is 46.4 Å². The molecular formula is C107H111Cl4F5N20O10. The SMILES string of the molecule is COc1ccc(NC(=O)c2c(F)c(Cl)cc(C(C)c3nc(C)c4c(N)nccn34)c2OC(C)C)c(C)c1.COc1ccc(NC(=O)c2c(F)c(Cl)cc(C(C)c3nc(C)c4c(N)nccn34)c2OC(C)C)cc1.Cc1cccc(F)c1NC(=O)c1c(F)c(Cl)cc(C(C)c2nc(C)c(C(=N)N)n2C)c1OC(C)C.Cc1nc(C(C)c2cc(Cl)c(F)c(C(=O)Nc3cccc4ccccc34)c2OC(C)C)n2ccnc(N)c12. The third-order valence-corrected chi connectivity index (χ3v) is 25.1. The summed E-state index contributed by atoms with van der Waals surface area (Å²) in [6.07, 6.45) is 8.57. The van der Waals surface area contributed by atoms with Crippen molar-refractivity contribution in [1.82, 2.24) is 52.7 Å². The fraction of sp³-hybridized carbons (Fsp3) is 0.271. The van der Waals surface area contributed by atoms with Crippen LogP contribution < -0.4 is 72.6 Å². The van der Waals surface area contributed by atoms with Gasteiger partial charge >= 0.3 is 0 Å². The van der Waals surface area contributed by atoms with Gasteiger partial charge in [-0.3, -0.25) is 37.8 Å². The third-order valence-electron chi connectivity index (χ3n) is 24.0. The Hall–Kier alpha value is -15.3. The molecule has 7 heterocycles. The highest BCUT2D eigenvalue weighted by molar-refractivity contribution is 6.33. The van der Waals surface area contributed by atoms with E-state index >= 15 is 17.6 Å². The molecule has 0 saturated heterocycles. The van der Waals surface area contributed by atoms with Crippen LogP contribution in [0, 0.1) is 76.0 Å². The summed E-state index contributed by atoms with van der Waals surface area (Å²) in [6.45, 7) is 32.5. The summed E-state index contributed by atoms with van der Waals surface area (Å²) < 4.78 is 118. The number of nitrogens with zero attached hydrogens (tertiary/aromatic N) is 11. The molecule has 4 atom stereocenters. The molecular weight excluding hydrogens is 1960 g/mol. The molecule has 4 amide bonds. The minimum atomic E-state index is -0.981. The smallest absolute Gasteiger partial charge is 0.262 e. The molecule has 9 aromatic carbocycles. The largest absolute Gasteiger partial charge is 0.497 e. The Morgan fingerprint density at radius 2 is 0.740 bits per heavy atom. The Morgan fingerprint density at radius 3 is 1.10 bits per heavy atom. The molecule has 0 radical (unpaired) electrons. The Balaban J connectivity index is 0.000000163. The lowest BCUT2D eigenvalue weighted by Gasteiger charge is -2.23. The van der Waals surface area contributed by atoms with Gasteiger partial charge in [0.2, 0.25) is 0 Å². The van der Waals surface area contributed by atoms with Crippen molar-refractivity contribution >= 4 is 143 Å². The van der Waals surface area contributed by atoms with Gasteiger partial charge in [-0.2, -0.15) is 0 Å². The number of ether oxygens (including phenoxy) is 6. The van der Waals surface area contributed by atoms with Crippen molar-refractivity contribution in [2.75, 3.05) is 52.7 Å². The zero-order chi connectivity index (χ0) is 106. The predicted octanol–water partition coefficient (Wildman–Crippen LogP) is 23.7. The first-order chi connectivity index (χ1) is 69.2. The second-order valence-electron chi connectivity index (χ2n) is 35.7. The first kappa shape index (κ1) is 108. The molecule has 13 N–H and O–H groups in total. The van der Waals surface area contributed by atoms with E-state index in [4.69, 9.17) is 118 Å². The van der Waals surface area contributed by atoms with E-state index in [0.717, 1.165) is 16.3 Å². The van der Waals surface area contributed by atoms with Gasteiger partial charge in [-0.15, -0.1) is 0 Å². The van der Waals surface area contributed by atoms with Crippen LogP contribution in [0.1, 0.15) is 233 Å². The quantitative estimate of drug-likeness (QED) is 0.0131. The molecule has 0 aliphatic heterocycles. The molecule has 4 unspecified atom stereocenters. The first-order valence-electron chi connectivity index (χ1n) is 46.3. The molecule has 0 fully saturated rings. The van der Waals surface area contributed by atoms with Gasteiger partial charge in [0.15, 0.2) is 23.3 Å². The molecule has 0 aliphatic rings. The minimum Gasteiger partial charge on any atom is -0.497 e. The number of hydrogen-bond donors (Lipinski definition) is 9. The predicted molar refractivity (Wildman–Crippen MR) is 562 cm³/mol. The highest BCUT2D eigenvalue weighted by Gasteiger charge is 2.37. The lowest BCUT2D eigenvalue weighted by atomic mass is 9.95. The normalized spacial score (nSPS) is 12.2. The van der Waals surface area contributed by atoms with E-state index in [9.17, 15) is 23.6 Å². The number of halogens is 9. The molecule has 0 aliphatic carbocycles. The molecule has 30 nitrogen and oxygen atoms in total. The van der Waals surface area contributed by atoms with E-state index in [2.05, 4.69) is 41.2 Å². The lowest BCUT2D eigenvalue weighted by Crippen LogP contribution is -2.21. The zero-order valence-electron chi connectivity index (χ0n) is 83.9. The molecule has 0 bridgehead atoms. The number of amidine groups is 1. The van der Waals surface area contributed by atoms with E-state index in [1.807, 2.05) is 112 Å². The van der Waals surface area contributed by atoms with Crippen molar-refractivity contribution < 1.29 is 69.6 Å². The maximum Gasteiger partial charge on any atom is 0.262 e. The number of para-hydroxylation sites is 1. The number of amides is 4. The average molecular weight is 2070 g/mol. The van der Waals surface area contributed by atoms with Crippen LogP contribution in [0.5, 0.6) is 34.5 Å². The molecule has 0 spiro atoms. The number of benzene rings is 9. The van der Waals surface area contributed by atoms with Gasteiger partial charge in [0.1, 0.15) is 131 Å². The maximum absolute atomic E-state index is 15.6. The number of hydrogen-bond acceptors (Lipinski definition) is 21. The Kier molecular flexibility index (Phi) is 33.5. The summed E-state index contributed by atoms with van der Waals surface area (Å²) in [4.78, 5) is 85.0. The van der Waals surface area contributed by atoms with E-state index in [1.54, 1.807) is 180 Å². The average Bonchev–Trinajstić information content (AvgIpc) is 1.53. The van der Waals surface area contributed by atoms with Crippen LogP contribution in [0.2, 0.25) is 20.1 Å². The fourth-order valence-electron chi connectivity index (χ4n) is 17.2. The van der Waals surface area contributed by atoms with E-state index in [0.29, 0.717) is 142 Å². The third kappa shape index (κ3) is 22.6. The number of anilines is 7. The van der Waals surface area contributed by atoms with Gasteiger partial charge in [0.05, 0.1) is 87.2 Å². The molecule has 16 aromatic rings. The Labute approximate surface area is 859 Å². The van der Waals surface area contributed by atoms with E-state index < -0.39 is 88.1 Å². The number of fused-ring (bicyclic) bond motifs is 4. The number of aryl methyl sites for hydroxylation is 6. The number of carbonyl (C=O) groups is 4. The van der Waals surface area contributed by atoms with E-state index in [1.165, 1.54) is 36.4 Å². The molecule has 0 saturated carbocycles. The standard InChI is InChI=1S/C29H27ClFN5O2.C27H29ClFN5O3.C26H27ClFN5O3.C25H28ClF2N5O2/c1-15(2)38-26-20(16(3)28-34-17(4)25-27(32)33-12-13-36(25)28)14-21(30)24(31)23(26)29(37)35-22-11-7-9-18-8-5-6-10-19(18)22;1-13(2)37-24-18(15(4)26-32-16(5)23-25(30)31-9-10-34(23)26)12-19(28)22(29)21(24)27(35)33-20-8-7-17(36-6)11-14(20)3;1-13(2)36-23-18(14(3)25-31-15(4)22-24(29)30-10-11-33(22)25)12-19(27)21(28)20(23)26(34)32-16-6-8-17(35-5)9-7-16;1-11(2)35-22-15(13(4)24-31-14(5)21(23(29)30)33(24)6)10-16(26)19(28)18(22)25(34)32-20-12(3)8-7-9-17(20)27/h5-16H,1-4H3,(H2,32,33)(H,35,37);7-13,15H,1-6H3,(H2,30,31)(H,33,35);6-14H,1-5H3,(H2,29,30)(H,32,34);7-11,13H,1-6H3,(H3,29,30)(H,32,34). The van der Waals surface area contributed by atoms with Crippen LogP contribution in [-0.4, -0.2) is 121 Å². The van der Waals surface area contributed by atoms with Gasteiger partial charge in [-0.25, -0.2) is 56.8 Å². The Bertz CT molecular complexity index is 7720. The van der Waals surface area contributed by atoms with Gasteiger partial charge in [0, 0.05) is 113 Å². The molecule has 146 heavy (non-hydrogen) atoms. The fourth-order valence-corrected chi connectivity index (χ4v) is 18.1. The van der Waals surface area contributed by atoms with Gasteiger partial charge in [0.25, 0.3) is 23.6 Å². The summed E-state index contributed by atoms with van der Waals surface area (Å²) in [7, 11) is 4.82. The molecule has 16 rings (SSSR count). The van der Waals surface area contributed by atoms with Gasteiger partial charge in [-0.05, 0) is 192 Å². The molecule has 7 aromatic heterocycles. The highest BCUT2D eigenvalue weighted by Crippen LogP contribution is 2.47. The number of rotatable bonds is 27. The number of methoxy groups -OCH3 is 2. The van der Waals surface area contributed by atoms with Crippen LogP contribution in [0.25, 0.3) is 27.3 Å². The zero-order valence-corrected chi connectivity index (χ0v) is 86.9. The van der Waals surface area contributed by atoms with Crippen LogP contribution in [0.15, 0.2) is 165 Å². The highest BCUT2D eigenvalue weighted by atomic mass is 35.5. The lowest BCUT2D eigenvalue weighted by molar-refractivity contribution is 0.100. The molecule has 39 heteroatoms. The van der Waals surface area contributed by atoms with Crippen molar-refractivity contribution in [3.8, 4) is 34.5 Å². The second-order valence-corrected chi connectivity index (χ2v) is 37.4. The number of carbonyl (C=O) groups excluding carboxylic acids is 4. The minimum absolute atomic E-state index is 0.0223. The summed E-state index contributed by atoms with van der Waals surface area (Å²) in [5, 5.41) is 19.6. The topological polar surface area (TPSA) is 408 Å². The first-order valence-corrected chi connectivity index (χ1v) is 47.8. The summed E-state index contributed by atoms with van der Waals surface area (Å²) in [6, 6.07) is 35.2. The summed E-state index contributed by atoms with van der Waals surface area (Å²) in [5.74, 6) is -4.17. The van der Waals surface area contributed by atoms with Crippen LogP contribution in [0.4, 0.5) is 62.2 Å². The van der Waals surface area contributed by atoms with Crippen molar-refractivity contribution in [2.45, 2.75) is 173 Å². The van der Waals surface area contributed by atoms with Crippen molar-refractivity contribution in [1.29, 1.82) is 5.41 Å². The van der Waals surface area contributed by atoms with Crippen molar-refractivity contribution in [3.63, 3.8) is 0 Å². The second kappa shape index (κ2) is 45.3. The van der Waals surface area contributed by atoms with Crippen LogP contribution in [-0.2, 0) is 7.05 Å². The summed E-state index contributed by atoms with van der Waals surface area (Å²) in [5.41, 5.74) is 32.5. The number of nitrogens with two attached hydrogens (primary N) is 4. The van der Waals surface area contributed by atoms with Gasteiger partial charge in [-0.1, -0.05) is 123 Å². The molecule has 762 valence electrons. The number of imidazole rings is 4. The van der Waals surface area contributed by atoms with Gasteiger partial charge < -0.3 is 77.2 Å². The number of aromatic nitrogens is 11. The Morgan fingerprint density at radius 1 is 0.397 bits per heavy atom. The summed E-state index contributed by atoms with van der Waals surface area (Å²) >= 11 is 25.3. The number of nitrogens with one attached hydrogen (secondary N) is 5. The maximum atomic E-state index is 15.6. The number of nitrogen functional groups attached to an aromatic ring is 4. The van der Waals surface area contributed by atoms with E-state index in [-0.39, 0.29) is 89.6 Å². The van der Waals surface area contributed by atoms with Crippen molar-refractivity contribution in [2.24, 2.45) is 12.8 Å². The van der Waals surface area contributed by atoms with Crippen LogP contribution in [0.3, 0.4) is 0 Å². The monoisotopic (exact) mass is 2070 g/mol.